The number of hydrogen-bond donors (Lipinski definition) is 5. The number of nitrogens with zero attached hydrogens (tertiary/aromatic N) is 6. The number of hydrogen-bond acceptors (Lipinski definition) is 4. The number of nitrogens with one attached hydrogen (secondary N) is 4. The molecule has 11 heteroatoms. The minimum atomic E-state index is 0.339. The van der Waals surface area contributed by atoms with Crippen molar-refractivity contribution in [1.82, 2.24) is 21.3 Å². The van der Waals surface area contributed by atoms with E-state index in [1.54, 1.807) is 0 Å². The van der Waals surface area contributed by atoms with Crippen LogP contribution in [0.25, 0.3) is 0 Å². The zero-order valence-electron chi connectivity index (χ0n) is 13.1. The Morgan fingerprint density at radius 2 is 1.50 bits per heavy atom. The third-order valence-electron chi connectivity index (χ3n) is 1.92. The van der Waals surface area contributed by atoms with Crippen molar-refractivity contribution in [2.75, 3.05) is 26.3 Å². The Hall–Kier alpha value is -2.90. The van der Waals surface area contributed by atoms with E-state index in [0.717, 1.165) is 19.0 Å². The Balaban J connectivity index is 4.53. The summed E-state index contributed by atoms with van der Waals surface area (Å²) in [7, 11) is 0. The highest BCUT2D eigenvalue weighted by molar-refractivity contribution is 5.82. The maximum absolute atomic E-state index is 4.74. The summed E-state index contributed by atoms with van der Waals surface area (Å²) in [5.74, 6) is 5.95. The zero-order chi connectivity index (χ0) is 16.5. The van der Waals surface area contributed by atoms with Gasteiger partial charge in [0.15, 0.2) is 5.96 Å². The van der Waals surface area contributed by atoms with Crippen molar-refractivity contribution < 1.29 is 0 Å². The van der Waals surface area contributed by atoms with Crippen molar-refractivity contribution in [3.8, 4) is 12.1 Å². The van der Waals surface area contributed by atoms with Gasteiger partial charge in [0.25, 0.3) is 0 Å². The highest BCUT2D eigenvalue weighted by Gasteiger charge is 1.96. The predicted molar refractivity (Wildman–Crippen MR) is 85.6 cm³/mol. The number of rotatable bonds is 6. The van der Waals surface area contributed by atoms with Crippen LogP contribution < -0.4 is 27.1 Å². The van der Waals surface area contributed by atoms with Gasteiger partial charge in [-0.1, -0.05) is 10.3 Å². The molecule has 6 N–H and O–H groups in total. The van der Waals surface area contributed by atoms with Crippen LogP contribution in [0.3, 0.4) is 0 Å². The SMILES string of the molecule is CCNC(=NC#CN=N/N=N/N)NCN=C(NCC)NCC. The van der Waals surface area contributed by atoms with Crippen molar-refractivity contribution in [2.45, 2.75) is 20.8 Å². The van der Waals surface area contributed by atoms with Gasteiger partial charge < -0.3 is 27.1 Å². The van der Waals surface area contributed by atoms with Gasteiger partial charge in [-0.2, -0.15) is 4.99 Å². The average molecular weight is 309 g/mol. The summed E-state index contributed by atoms with van der Waals surface area (Å²) in [5, 5.41) is 24.8. The lowest BCUT2D eigenvalue weighted by Crippen LogP contribution is -2.40. The first-order chi connectivity index (χ1) is 10.8. The van der Waals surface area contributed by atoms with Crippen LogP contribution in [0, 0.1) is 12.1 Å². The highest BCUT2D eigenvalue weighted by atomic mass is 15.5. The van der Waals surface area contributed by atoms with Crippen molar-refractivity contribution in [3.63, 3.8) is 0 Å². The molecule has 0 saturated heterocycles. The molecule has 0 aliphatic heterocycles. The zero-order valence-corrected chi connectivity index (χ0v) is 13.1. The van der Waals surface area contributed by atoms with E-state index in [1.807, 2.05) is 20.8 Å². The Bertz CT molecular complexity index is 446. The summed E-state index contributed by atoms with van der Waals surface area (Å²) < 4.78 is 0. The maximum Gasteiger partial charge on any atom is 0.206 e. The van der Waals surface area contributed by atoms with Crippen molar-refractivity contribution >= 4 is 11.9 Å². The van der Waals surface area contributed by atoms with Gasteiger partial charge >= 0.3 is 0 Å². The normalized spacial score (nSPS) is 11.0. The van der Waals surface area contributed by atoms with Crippen LogP contribution in [0.4, 0.5) is 0 Å². The number of guanidine groups is 2. The topological polar surface area (TPSA) is 148 Å². The summed E-state index contributed by atoms with van der Waals surface area (Å²) >= 11 is 0. The van der Waals surface area contributed by atoms with Crippen LogP contribution in [-0.2, 0) is 0 Å². The molecule has 0 bridgehead atoms. The molecule has 0 heterocycles. The summed E-state index contributed by atoms with van der Waals surface area (Å²) in [4.78, 5) is 8.29. The molecule has 0 aliphatic rings. The second kappa shape index (κ2) is 14.5. The van der Waals surface area contributed by atoms with Crippen LogP contribution >= 0.6 is 0 Å². The van der Waals surface area contributed by atoms with Gasteiger partial charge in [-0.15, -0.1) is 0 Å². The predicted octanol–water partition coefficient (Wildman–Crippen LogP) is -0.314. The molecule has 0 radical (unpaired) electrons. The van der Waals surface area contributed by atoms with E-state index in [0.29, 0.717) is 19.2 Å². The Morgan fingerprint density at radius 1 is 0.864 bits per heavy atom. The highest BCUT2D eigenvalue weighted by Crippen LogP contribution is 1.76. The fourth-order valence-electron chi connectivity index (χ4n) is 1.18. The lowest BCUT2D eigenvalue weighted by molar-refractivity contribution is 0.804. The van der Waals surface area contributed by atoms with Crippen LogP contribution in [0.1, 0.15) is 20.8 Å². The Morgan fingerprint density at radius 3 is 2.09 bits per heavy atom. The standard InChI is InChI=1S/C11H23N11/c1-4-13-10(14-5-2)17-9-18-11(15-6-3)16-7-8-19-21-22-20-12/h4-6,9H2,1-3H3,(H2,12,19,22)(H2,13,14,17)(H2,15,16,18). The van der Waals surface area contributed by atoms with Crippen molar-refractivity contribution in [3.05, 3.63) is 0 Å². The molecule has 0 aromatic rings. The van der Waals surface area contributed by atoms with E-state index in [4.69, 9.17) is 5.84 Å². The van der Waals surface area contributed by atoms with Gasteiger partial charge in [0, 0.05) is 19.6 Å². The molecule has 0 unspecified atom stereocenters. The molecular formula is C11H23N11. The largest absolute Gasteiger partial charge is 0.357 e. The van der Waals surface area contributed by atoms with Crippen LogP contribution in [0.15, 0.2) is 30.8 Å². The fraction of sp³-hybridized carbons (Fsp3) is 0.636. The van der Waals surface area contributed by atoms with E-state index in [1.165, 1.54) is 0 Å². The first kappa shape index (κ1) is 19.1. The molecule has 0 spiro atoms. The van der Waals surface area contributed by atoms with E-state index >= 15 is 0 Å². The maximum atomic E-state index is 4.74. The molecule has 0 fully saturated rings. The molecule has 0 aromatic heterocycles. The average Bonchev–Trinajstić information content (AvgIpc) is 2.51. The van der Waals surface area contributed by atoms with Crippen molar-refractivity contribution in [2.24, 2.45) is 36.6 Å². The van der Waals surface area contributed by atoms with Crippen molar-refractivity contribution in [1.29, 1.82) is 0 Å². The number of nitrogens with two attached hydrogens (primary N) is 1. The molecule has 22 heavy (non-hydrogen) atoms. The summed E-state index contributed by atoms with van der Waals surface area (Å²) in [5.41, 5.74) is 0. The molecule has 122 valence electrons. The molecule has 0 aromatic carbocycles. The number of aliphatic imine (C=N–C) groups is 2. The molecular weight excluding hydrogens is 286 g/mol. The second-order valence-electron chi connectivity index (χ2n) is 3.51. The molecule has 0 rings (SSSR count). The van der Waals surface area contributed by atoms with E-state index in [9.17, 15) is 0 Å². The smallest absolute Gasteiger partial charge is 0.206 e. The fourth-order valence-corrected chi connectivity index (χ4v) is 1.18. The van der Waals surface area contributed by atoms with Crippen LogP contribution in [-0.4, -0.2) is 38.2 Å². The minimum absolute atomic E-state index is 0.339. The first-order valence-electron chi connectivity index (χ1n) is 6.85. The lowest BCUT2D eigenvalue weighted by Gasteiger charge is -2.11. The lowest BCUT2D eigenvalue weighted by atomic mass is 10.6. The summed E-state index contributed by atoms with van der Waals surface area (Å²) in [6.45, 7) is 8.55. The van der Waals surface area contributed by atoms with E-state index < -0.39 is 0 Å². The van der Waals surface area contributed by atoms with Gasteiger partial charge in [0.05, 0.1) is 12.1 Å². The minimum Gasteiger partial charge on any atom is -0.357 e. The summed E-state index contributed by atoms with van der Waals surface area (Å²) in [6, 6.07) is 4.77. The third kappa shape index (κ3) is 11.0. The first-order valence-corrected chi connectivity index (χ1v) is 6.85. The molecule has 11 nitrogen and oxygen atoms in total. The second-order valence-corrected chi connectivity index (χ2v) is 3.51. The quantitative estimate of drug-likeness (QED) is 0.114. The van der Waals surface area contributed by atoms with Gasteiger partial charge in [-0.25, -0.2) is 4.99 Å². The van der Waals surface area contributed by atoms with Gasteiger partial charge in [-0.3, -0.25) is 0 Å². The Labute approximate surface area is 130 Å². The van der Waals surface area contributed by atoms with Gasteiger partial charge in [0.2, 0.25) is 5.96 Å². The van der Waals surface area contributed by atoms with E-state index in [-0.39, 0.29) is 0 Å². The monoisotopic (exact) mass is 309 g/mol. The van der Waals surface area contributed by atoms with Crippen LogP contribution in [0.2, 0.25) is 0 Å². The molecule has 0 amide bonds. The summed E-state index contributed by atoms with van der Waals surface area (Å²) in [6.07, 6.45) is 0. The molecule has 0 aliphatic carbocycles. The Kier molecular flexibility index (Phi) is 12.6. The van der Waals surface area contributed by atoms with E-state index in [2.05, 4.69) is 64.1 Å². The molecule has 0 atom stereocenters. The third-order valence-corrected chi connectivity index (χ3v) is 1.92. The van der Waals surface area contributed by atoms with Gasteiger partial charge in [0.1, 0.15) is 6.67 Å². The van der Waals surface area contributed by atoms with Gasteiger partial charge in [-0.05, 0) is 31.2 Å². The van der Waals surface area contributed by atoms with Crippen LogP contribution in [0.5, 0.6) is 0 Å². The molecule has 0 saturated carbocycles.